The van der Waals surface area contributed by atoms with E-state index in [1.54, 1.807) is 11.3 Å². The predicted molar refractivity (Wildman–Crippen MR) is 90.0 cm³/mol. The predicted octanol–water partition coefficient (Wildman–Crippen LogP) is 5.06. The van der Waals surface area contributed by atoms with Gasteiger partial charge in [0, 0.05) is 5.69 Å². The Labute approximate surface area is 128 Å². The Hall–Kier alpha value is -2.07. The van der Waals surface area contributed by atoms with Crippen LogP contribution in [0.3, 0.4) is 0 Å². The van der Waals surface area contributed by atoms with Crippen LogP contribution in [0.15, 0.2) is 36.4 Å². The molecule has 1 aromatic heterocycles. The number of aromatic nitrogens is 1. The molecule has 0 bridgehead atoms. The number of nitrogens with one attached hydrogen (secondary N) is 1. The molecule has 0 saturated heterocycles. The van der Waals surface area contributed by atoms with Gasteiger partial charge >= 0.3 is 0 Å². The Bertz CT molecular complexity index is 780. The van der Waals surface area contributed by atoms with Crippen molar-refractivity contribution in [2.75, 3.05) is 11.9 Å². The monoisotopic (exact) mass is 298 g/mol. The summed E-state index contributed by atoms with van der Waals surface area (Å²) in [7, 11) is 0. The van der Waals surface area contributed by atoms with Crippen LogP contribution in [0.25, 0.3) is 10.2 Å². The van der Waals surface area contributed by atoms with Gasteiger partial charge in [-0.15, -0.1) is 0 Å². The molecule has 0 fully saturated rings. The van der Waals surface area contributed by atoms with Crippen LogP contribution >= 0.6 is 11.3 Å². The van der Waals surface area contributed by atoms with Crippen molar-refractivity contribution in [1.29, 1.82) is 0 Å². The van der Waals surface area contributed by atoms with Crippen LogP contribution in [0, 0.1) is 13.8 Å². The van der Waals surface area contributed by atoms with Crippen LogP contribution in [-0.2, 0) is 0 Å². The summed E-state index contributed by atoms with van der Waals surface area (Å²) < 4.78 is 6.66. The zero-order valence-electron chi connectivity index (χ0n) is 12.4. The molecule has 21 heavy (non-hydrogen) atoms. The Morgan fingerprint density at radius 3 is 2.71 bits per heavy atom. The maximum absolute atomic E-state index is 5.53. The van der Waals surface area contributed by atoms with Crippen LogP contribution in [-0.4, -0.2) is 11.6 Å². The SMILES string of the molecule is CCOc1ccc2nc(Nc3ccc(C)c(C)c3)sc2c1. The summed E-state index contributed by atoms with van der Waals surface area (Å²) >= 11 is 1.64. The number of anilines is 2. The summed E-state index contributed by atoms with van der Waals surface area (Å²) in [5, 5.41) is 4.28. The van der Waals surface area contributed by atoms with Crippen molar-refractivity contribution >= 4 is 32.4 Å². The minimum Gasteiger partial charge on any atom is -0.494 e. The number of hydrogen-bond donors (Lipinski definition) is 1. The van der Waals surface area contributed by atoms with E-state index in [2.05, 4.69) is 42.3 Å². The van der Waals surface area contributed by atoms with Gasteiger partial charge < -0.3 is 10.1 Å². The summed E-state index contributed by atoms with van der Waals surface area (Å²) in [4.78, 5) is 4.61. The van der Waals surface area contributed by atoms with Crippen molar-refractivity contribution in [3.05, 3.63) is 47.5 Å². The van der Waals surface area contributed by atoms with Gasteiger partial charge in [0.05, 0.1) is 16.8 Å². The number of benzene rings is 2. The van der Waals surface area contributed by atoms with Crippen molar-refractivity contribution in [1.82, 2.24) is 4.98 Å². The van der Waals surface area contributed by atoms with Crippen LogP contribution in [0.5, 0.6) is 5.75 Å². The molecule has 0 aliphatic rings. The number of hydrogen-bond acceptors (Lipinski definition) is 4. The van der Waals surface area contributed by atoms with Gasteiger partial charge in [0.15, 0.2) is 5.13 Å². The highest BCUT2D eigenvalue weighted by atomic mass is 32.1. The highest BCUT2D eigenvalue weighted by Gasteiger charge is 2.06. The minimum atomic E-state index is 0.679. The van der Waals surface area contributed by atoms with Gasteiger partial charge in [-0.3, -0.25) is 0 Å². The molecule has 3 nitrogen and oxygen atoms in total. The molecule has 0 unspecified atom stereocenters. The third-order valence-corrected chi connectivity index (χ3v) is 4.36. The quantitative estimate of drug-likeness (QED) is 0.731. The van der Waals surface area contributed by atoms with Crippen LogP contribution in [0.4, 0.5) is 10.8 Å². The molecular weight excluding hydrogens is 280 g/mol. The van der Waals surface area contributed by atoms with E-state index in [1.165, 1.54) is 11.1 Å². The first-order valence-electron chi connectivity index (χ1n) is 7.03. The molecule has 0 aliphatic heterocycles. The molecule has 0 saturated carbocycles. The van der Waals surface area contributed by atoms with Crippen molar-refractivity contribution in [3.63, 3.8) is 0 Å². The molecule has 0 aliphatic carbocycles. The molecule has 0 radical (unpaired) electrons. The topological polar surface area (TPSA) is 34.1 Å². The second-order valence-corrected chi connectivity index (χ2v) is 6.04. The average Bonchev–Trinajstić information content (AvgIpc) is 2.85. The molecule has 1 N–H and O–H groups in total. The fourth-order valence-corrected chi connectivity index (χ4v) is 3.07. The Balaban J connectivity index is 1.88. The lowest BCUT2D eigenvalue weighted by molar-refractivity contribution is 0.341. The van der Waals surface area contributed by atoms with Gasteiger partial charge in [0.25, 0.3) is 0 Å². The first kappa shape index (κ1) is 13.9. The fraction of sp³-hybridized carbons (Fsp3) is 0.235. The molecule has 3 rings (SSSR count). The van der Waals surface area contributed by atoms with E-state index >= 15 is 0 Å². The normalized spacial score (nSPS) is 10.8. The summed E-state index contributed by atoms with van der Waals surface area (Å²) in [6.45, 7) is 6.90. The number of nitrogens with zero attached hydrogens (tertiary/aromatic N) is 1. The molecule has 108 valence electrons. The highest BCUT2D eigenvalue weighted by Crippen LogP contribution is 2.31. The molecule has 3 aromatic rings. The smallest absolute Gasteiger partial charge is 0.188 e. The van der Waals surface area contributed by atoms with E-state index in [9.17, 15) is 0 Å². The van der Waals surface area contributed by atoms with Gasteiger partial charge in [-0.25, -0.2) is 4.98 Å². The lowest BCUT2D eigenvalue weighted by Crippen LogP contribution is -1.91. The zero-order valence-corrected chi connectivity index (χ0v) is 13.3. The van der Waals surface area contributed by atoms with Crippen molar-refractivity contribution < 1.29 is 4.74 Å². The number of rotatable bonds is 4. The van der Waals surface area contributed by atoms with E-state index in [-0.39, 0.29) is 0 Å². The molecular formula is C17H18N2OS. The molecule has 0 amide bonds. The molecule has 4 heteroatoms. The van der Waals surface area contributed by atoms with Crippen molar-refractivity contribution in [2.45, 2.75) is 20.8 Å². The summed E-state index contributed by atoms with van der Waals surface area (Å²) in [6, 6.07) is 12.4. The van der Waals surface area contributed by atoms with E-state index < -0.39 is 0 Å². The largest absolute Gasteiger partial charge is 0.494 e. The van der Waals surface area contributed by atoms with Gasteiger partial charge in [0.2, 0.25) is 0 Å². The van der Waals surface area contributed by atoms with Gasteiger partial charge in [-0.2, -0.15) is 0 Å². The van der Waals surface area contributed by atoms with Crippen molar-refractivity contribution in [3.8, 4) is 5.75 Å². The maximum atomic E-state index is 5.53. The standard InChI is InChI=1S/C17H18N2OS/c1-4-20-14-7-8-15-16(10-14)21-17(19-15)18-13-6-5-11(2)12(3)9-13/h5-10H,4H2,1-3H3,(H,18,19). The van der Waals surface area contributed by atoms with Crippen molar-refractivity contribution in [2.24, 2.45) is 0 Å². The van der Waals surface area contributed by atoms with E-state index in [0.29, 0.717) is 6.61 Å². The lowest BCUT2D eigenvalue weighted by Gasteiger charge is -2.05. The fourth-order valence-electron chi connectivity index (χ4n) is 2.16. The second kappa shape index (κ2) is 5.74. The van der Waals surface area contributed by atoms with E-state index in [0.717, 1.165) is 26.8 Å². The zero-order chi connectivity index (χ0) is 14.8. The van der Waals surface area contributed by atoms with Crippen LogP contribution in [0.1, 0.15) is 18.1 Å². The third-order valence-electron chi connectivity index (χ3n) is 3.43. The first-order valence-corrected chi connectivity index (χ1v) is 7.85. The van der Waals surface area contributed by atoms with Gasteiger partial charge in [-0.05, 0) is 62.2 Å². The average molecular weight is 298 g/mol. The van der Waals surface area contributed by atoms with Gasteiger partial charge in [0.1, 0.15) is 5.75 Å². The molecule has 2 aromatic carbocycles. The molecule has 1 heterocycles. The van der Waals surface area contributed by atoms with E-state index in [1.807, 2.05) is 25.1 Å². The third kappa shape index (κ3) is 3.00. The second-order valence-electron chi connectivity index (χ2n) is 5.01. The highest BCUT2D eigenvalue weighted by molar-refractivity contribution is 7.22. The van der Waals surface area contributed by atoms with E-state index in [4.69, 9.17) is 4.74 Å². The summed E-state index contributed by atoms with van der Waals surface area (Å²) in [5.74, 6) is 0.895. The number of fused-ring (bicyclic) bond motifs is 1. The number of ether oxygens (including phenoxy) is 1. The Morgan fingerprint density at radius 1 is 1.10 bits per heavy atom. The Kier molecular flexibility index (Phi) is 3.80. The lowest BCUT2D eigenvalue weighted by atomic mass is 10.1. The van der Waals surface area contributed by atoms with Crippen LogP contribution in [0.2, 0.25) is 0 Å². The molecule has 0 atom stereocenters. The van der Waals surface area contributed by atoms with Crippen LogP contribution < -0.4 is 10.1 Å². The van der Waals surface area contributed by atoms with Gasteiger partial charge in [-0.1, -0.05) is 17.4 Å². The number of aryl methyl sites for hydroxylation is 2. The molecule has 0 spiro atoms. The summed E-state index contributed by atoms with van der Waals surface area (Å²) in [6.07, 6.45) is 0. The first-order chi connectivity index (χ1) is 10.2. The minimum absolute atomic E-state index is 0.679. The maximum Gasteiger partial charge on any atom is 0.188 e. The summed E-state index contributed by atoms with van der Waals surface area (Å²) in [5.41, 5.74) is 4.64. The Morgan fingerprint density at radius 2 is 1.95 bits per heavy atom. The number of thiazole rings is 1.